The van der Waals surface area contributed by atoms with Gasteiger partial charge in [0.05, 0.1) is 31.1 Å². The van der Waals surface area contributed by atoms with Crippen molar-refractivity contribution in [2.45, 2.75) is 60.7 Å². The van der Waals surface area contributed by atoms with Gasteiger partial charge in [0, 0.05) is 36.8 Å². The van der Waals surface area contributed by atoms with E-state index in [1.807, 2.05) is 24.3 Å². The lowest BCUT2D eigenvalue weighted by Gasteiger charge is -2.34. The molecule has 6 rings (SSSR count). The van der Waals surface area contributed by atoms with Crippen LogP contribution < -0.4 is 19.3 Å². The van der Waals surface area contributed by atoms with E-state index in [0.29, 0.717) is 49.4 Å². The van der Waals surface area contributed by atoms with Crippen LogP contribution in [0, 0.1) is 5.92 Å². The number of rotatable bonds is 16. The van der Waals surface area contributed by atoms with Crippen LogP contribution in [0.5, 0.6) is 34.5 Å². The number of piperidine rings is 1. The van der Waals surface area contributed by atoms with Gasteiger partial charge >= 0.3 is 0 Å². The van der Waals surface area contributed by atoms with Gasteiger partial charge < -0.3 is 34.4 Å². The number of phenolic OH excluding ortho intramolecular Hbond substituents is 3. The van der Waals surface area contributed by atoms with Crippen molar-refractivity contribution >= 4 is 19.9 Å². The fourth-order valence-corrected chi connectivity index (χ4v) is 9.72. The second-order valence-electron chi connectivity index (χ2n) is 15.8. The van der Waals surface area contributed by atoms with Gasteiger partial charge in [-0.15, -0.1) is 0 Å². The van der Waals surface area contributed by atoms with E-state index < -0.39 is 19.9 Å². The topological polar surface area (TPSA) is 186 Å². The molecule has 12 nitrogen and oxygen atoms in total. The molecule has 1 fully saturated rings. The van der Waals surface area contributed by atoms with Crippen molar-refractivity contribution < 1.29 is 46.4 Å². The van der Waals surface area contributed by atoms with Crippen molar-refractivity contribution in [2.24, 2.45) is 11.1 Å². The molecule has 1 aliphatic rings. The Hall–Kier alpha value is -5.28. The van der Waals surface area contributed by atoms with Gasteiger partial charge in [-0.1, -0.05) is 36.4 Å². The van der Waals surface area contributed by atoms with E-state index in [9.17, 15) is 32.2 Å². The number of ether oxygens (including phenoxy) is 3. The third-order valence-electron chi connectivity index (χ3n) is 11.4. The molecular weight excluding hydrogens is 805 g/mol. The number of primary sulfonamides is 1. The Kier molecular flexibility index (Phi) is 13.7. The fraction of sp³-hybridized carbons (Fsp3) is 0.348. The number of hydrogen-bond donors (Lipinski definition) is 4. The van der Waals surface area contributed by atoms with Gasteiger partial charge in [0.25, 0.3) is 0 Å². The van der Waals surface area contributed by atoms with Gasteiger partial charge in [0.2, 0.25) is 10.0 Å². The zero-order chi connectivity index (χ0) is 43.4. The summed E-state index contributed by atoms with van der Waals surface area (Å²) >= 11 is 0. The summed E-state index contributed by atoms with van der Waals surface area (Å²) in [5, 5.41) is 37.1. The maximum absolute atomic E-state index is 12.4. The van der Waals surface area contributed by atoms with Crippen LogP contribution in [0.4, 0.5) is 0 Å². The van der Waals surface area contributed by atoms with Gasteiger partial charge in [-0.05, 0) is 139 Å². The summed E-state index contributed by atoms with van der Waals surface area (Å²) < 4.78 is 67.6. The van der Waals surface area contributed by atoms with Gasteiger partial charge in [-0.3, -0.25) is 0 Å². The number of nitrogens with two attached hydrogens (primary N) is 1. The molecule has 320 valence electrons. The molecule has 1 saturated heterocycles. The quantitative estimate of drug-likeness (QED) is 0.0793. The first-order valence-electron chi connectivity index (χ1n) is 19.7. The van der Waals surface area contributed by atoms with E-state index in [-0.39, 0.29) is 38.9 Å². The average molecular weight is 859 g/mol. The minimum absolute atomic E-state index is 0.00212. The maximum atomic E-state index is 12.4. The molecule has 1 heterocycles. The number of sulfone groups is 1. The Labute approximate surface area is 353 Å². The summed E-state index contributed by atoms with van der Waals surface area (Å²) in [6, 6.07) is 23.4. The summed E-state index contributed by atoms with van der Waals surface area (Å²) in [6.07, 6.45) is 5.43. The third kappa shape index (κ3) is 10.4. The summed E-state index contributed by atoms with van der Waals surface area (Å²) in [6.45, 7) is 1.86. The molecule has 0 amide bonds. The summed E-state index contributed by atoms with van der Waals surface area (Å²) in [5.41, 5.74) is 7.05. The number of nitrogens with zero attached hydrogens (tertiary/aromatic N) is 1. The normalized spacial score (nSPS) is 15.4. The highest BCUT2D eigenvalue weighted by atomic mass is 32.2. The van der Waals surface area contributed by atoms with Crippen LogP contribution in [-0.4, -0.2) is 84.8 Å². The third-order valence-corrected chi connectivity index (χ3v) is 13.5. The number of likely N-dealkylation sites (tertiary alicyclic amines) is 1. The number of sulfonamides is 1. The van der Waals surface area contributed by atoms with Crippen LogP contribution in [0.2, 0.25) is 0 Å². The molecule has 2 atom stereocenters. The van der Waals surface area contributed by atoms with Gasteiger partial charge in [-0.25, -0.2) is 22.0 Å². The second-order valence-corrected chi connectivity index (χ2v) is 19.4. The highest BCUT2D eigenvalue weighted by Gasteiger charge is 2.33. The van der Waals surface area contributed by atoms with E-state index in [4.69, 9.17) is 19.3 Å². The molecule has 0 bridgehead atoms. The zero-order valence-electron chi connectivity index (χ0n) is 34.6. The Balaban J connectivity index is 1.68. The Bertz CT molecular complexity index is 2540. The van der Waals surface area contributed by atoms with Crippen molar-refractivity contribution in [2.75, 3.05) is 47.7 Å². The standard InChI is InChI=1S/C46H54N2O10S2/c1-48-20-6-7-33(28-48)25-37-38(23-29-8-14-35(15-9-29)59(5,52)53)45(57-3)46(58-4)39(24-30-10-16-36(17-11-30)60(47,54)55)44(37)34(21-31-12-18-40(49)42(51)26-31)22-32-13-19-41(50)43(27-32)56-2/h8-19,26-27,33-34,49-51H,6-7,20-25,28H2,1-5H3,(H2,47,54,55). The summed E-state index contributed by atoms with van der Waals surface area (Å²) in [5.74, 6) is 0.823. The Morgan fingerprint density at radius 1 is 0.683 bits per heavy atom. The van der Waals surface area contributed by atoms with Crippen molar-refractivity contribution in [1.29, 1.82) is 0 Å². The molecule has 0 aliphatic carbocycles. The van der Waals surface area contributed by atoms with E-state index in [0.717, 1.165) is 70.4 Å². The lowest BCUT2D eigenvalue weighted by atomic mass is 9.75. The number of methoxy groups -OCH3 is 3. The number of hydrogen-bond acceptors (Lipinski definition) is 11. The fourth-order valence-electron chi connectivity index (χ4n) is 8.58. The van der Waals surface area contributed by atoms with E-state index in [1.54, 1.807) is 56.7 Å². The van der Waals surface area contributed by atoms with Crippen molar-refractivity contribution in [1.82, 2.24) is 4.90 Å². The molecule has 60 heavy (non-hydrogen) atoms. The van der Waals surface area contributed by atoms with Crippen LogP contribution in [0.15, 0.2) is 94.7 Å². The average Bonchev–Trinajstić information content (AvgIpc) is 3.20. The predicted octanol–water partition coefficient (Wildman–Crippen LogP) is 6.52. The molecule has 2 unspecified atom stereocenters. The number of phenols is 3. The Morgan fingerprint density at radius 2 is 1.22 bits per heavy atom. The largest absolute Gasteiger partial charge is 0.504 e. The van der Waals surface area contributed by atoms with E-state index in [2.05, 4.69) is 11.9 Å². The lowest BCUT2D eigenvalue weighted by molar-refractivity contribution is 0.208. The van der Waals surface area contributed by atoms with Gasteiger partial charge in [-0.2, -0.15) is 0 Å². The van der Waals surface area contributed by atoms with Crippen LogP contribution in [0.1, 0.15) is 63.3 Å². The Morgan fingerprint density at radius 3 is 1.75 bits per heavy atom. The molecule has 0 saturated carbocycles. The smallest absolute Gasteiger partial charge is 0.238 e. The molecule has 5 aromatic carbocycles. The van der Waals surface area contributed by atoms with Crippen LogP contribution in [0.3, 0.4) is 0 Å². The first-order valence-corrected chi connectivity index (χ1v) is 23.2. The van der Waals surface area contributed by atoms with Crippen LogP contribution >= 0.6 is 0 Å². The minimum Gasteiger partial charge on any atom is -0.504 e. The molecule has 5 aromatic rings. The number of benzene rings is 5. The van der Waals surface area contributed by atoms with Crippen LogP contribution in [0.25, 0.3) is 0 Å². The minimum atomic E-state index is -3.94. The van der Waals surface area contributed by atoms with E-state index >= 15 is 0 Å². The molecule has 0 radical (unpaired) electrons. The van der Waals surface area contributed by atoms with Gasteiger partial charge in [0.15, 0.2) is 44.3 Å². The van der Waals surface area contributed by atoms with E-state index in [1.165, 1.54) is 31.6 Å². The second kappa shape index (κ2) is 18.5. The van der Waals surface area contributed by atoms with Crippen molar-refractivity contribution in [3.63, 3.8) is 0 Å². The molecule has 14 heteroatoms. The molecule has 0 aromatic heterocycles. The lowest BCUT2D eigenvalue weighted by Crippen LogP contribution is -2.33. The van der Waals surface area contributed by atoms with Gasteiger partial charge in [0.1, 0.15) is 0 Å². The predicted molar refractivity (Wildman–Crippen MR) is 231 cm³/mol. The highest BCUT2D eigenvalue weighted by molar-refractivity contribution is 7.90. The molecule has 0 spiro atoms. The SMILES string of the molecule is COc1cc(CC(Cc2ccc(O)c(O)c2)c2c(CC3CCCN(C)C3)c(Cc3ccc(S(C)(=O)=O)cc3)c(OC)c(OC)c2Cc2ccc(S(N)(=O)=O)cc2)ccc1O. The summed E-state index contributed by atoms with van der Waals surface area (Å²) in [7, 11) is -0.557. The van der Waals surface area contributed by atoms with Crippen LogP contribution in [-0.2, 0) is 52.0 Å². The van der Waals surface area contributed by atoms with Crippen molar-refractivity contribution in [3.05, 3.63) is 129 Å². The first kappa shape index (κ1) is 44.3. The summed E-state index contributed by atoms with van der Waals surface area (Å²) in [4.78, 5) is 2.54. The molecule has 1 aliphatic heterocycles. The maximum Gasteiger partial charge on any atom is 0.238 e. The highest BCUT2D eigenvalue weighted by Crippen LogP contribution is 2.48. The zero-order valence-corrected chi connectivity index (χ0v) is 36.3. The molecule has 5 N–H and O–H groups in total. The first-order chi connectivity index (χ1) is 28.5. The van der Waals surface area contributed by atoms with Crippen molar-refractivity contribution in [3.8, 4) is 34.5 Å². The molecular formula is C46H54N2O10S2. The monoisotopic (exact) mass is 858 g/mol. The number of aromatic hydroxyl groups is 3.